The molecule has 0 saturated heterocycles. The maximum absolute atomic E-state index is 14.8. The normalized spacial score (nSPS) is 16.2. The first kappa shape index (κ1) is 21.8. The average Bonchev–Trinajstić information content (AvgIpc) is 3.33. The van der Waals surface area contributed by atoms with Crippen molar-refractivity contribution in [1.82, 2.24) is 15.1 Å². The molecule has 2 aromatic heterocycles. The lowest BCUT2D eigenvalue weighted by molar-refractivity contribution is 0.0996. The number of rotatable bonds is 6. The number of halogens is 1. The number of pyridine rings is 1. The van der Waals surface area contributed by atoms with Gasteiger partial charge in [0, 0.05) is 40.7 Å². The molecular formula is C18H18FN6O6P. The predicted octanol–water partition coefficient (Wildman–Crippen LogP) is 1.85. The van der Waals surface area contributed by atoms with E-state index in [1.165, 1.54) is 30.4 Å². The van der Waals surface area contributed by atoms with E-state index in [1.54, 1.807) is 0 Å². The molecule has 0 fully saturated rings. The second-order valence-corrected chi connectivity index (χ2v) is 8.36. The molecule has 1 aliphatic heterocycles. The van der Waals surface area contributed by atoms with E-state index in [1.807, 2.05) is 0 Å². The molecule has 0 aliphatic carbocycles. The van der Waals surface area contributed by atoms with Crippen molar-refractivity contribution in [3.63, 3.8) is 0 Å². The third-order valence-electron chi connectivity index (χ3n) is 4.92. The highest BCUT2D eigenvalue weighted by Crippen LogP contribution is 2.39. The number of benzene rings is 1. The molecule has 1 aliphatic rings. The van der Waals surface area contributed by atoms with Gasteiger partial charge in [-0.1, -0.05) is 5.16 Å². The van der Waals surface area contributed by atoms with Crippen LogP contribution in [0.25, 0.3) is 22.2 Å². The highest BCUT2D eigenvalue weighted by Gasteiger charge is 2.28. The van der Waals surface area contributed by atoms with Crippen LogP contribution in [0.15, 0.2) is 28.0 Å². The minimum absolute atomic E-state index is 0.00434. The smallest absolute Gasteiger partial charge is 0.398 e. The molecule has 1 aromatic carbocycles. The van der Waals surface area contributed by atoms with Crippen LogP contribution < -0.4 is 11.5 Å². The summed E-state index contributed by atoms with van der Waals surface area (Å²) in [5, 5.41) is 9.38. The van der Waals surface area contributed by atoms with Crippen LogP contribution in [0.1, 0.15) is 28.8 Å². The van der Waals surface area contributed by atoms with Crippen LogP contribution in [-0.4, -0.2) is 50.2 Å². The van der Waals surface area contributed by atoms with Gasteiger partial charge in [-0.15, -0.1) is 0 Å². The Hall–Kier alpha value is -3.38. The van der Waals surface area contributed by atoms with Crippen LogP contribution in [0, 0.1) is 5.82 Å². The number of hydrogen-bond acceptors (Lipinski definition) is 10. The quantitative estimate of drug-likeness (QED) is 0.236. The minimum atomic E-state index is -4.65. The van der Waals surface area contributed by atoms with Gasteiger partial charge in [0.15, 0.2) is 17.2 Å². The molecule has 3 aromatic rings. The lowest BCUT2D eigenvalue weighted by Gasteiger charge is -2.16. The molecule has 6 N–H and O–H groups in total. The number of carbonyl (C=O) groups excluding carboxylic acids is 1. The van der Waals surface area contributed by atoms with Gasteiger partial charge in [0.05, 0.1) is 17.6 Å². The molecule has 0 saturated carbocycles. The number of nitrogens with zero attached hydrogens (tertiary/aromatic N) is 4. The van der Waals surface area contributed by atoms with Gasteiger partial charge >= 0.3 is 7.82 Å². The molecule has 0 amide bonds. The Balaban J connectivity index is 1.73. The zero-order chi connectivity index (χ0) is 23.2. The molecule has 0 radical (unpaired) electrons. The van der Waals surface area contributed by atoms with Crippen molar-refractivity contribution in [2.75, 3.05) is 24.7 Å². The molecule has 3 heterocycles. The number of fused-ring (bicyclic) bond motifs is 1. The van der Waals surface area contributed by atoms with Crippen molar-refractivity contribution < 1.29 is 32.6 Å². The zero-order valence-corrected chi connectivity index (χ0v) is 17.5. The Morgan fingerprint density at radius 3 is 2.84 bits per heavy atom. The lowest BCUT2D eigenvalue weighted by atomic mass is 9.96. The third-order valence-corrected chi connectivity index (χ3v) is 5.37. The van der Waals surface area contributed by atoms with Crippen molar-refractivity contribution >= 4 is 42.3 Å². The number of hydrazone groups is 1. The fourth-order valence-electron chi connectivity index (χ4n) is 3.43. The number of carbonyl (C=O) groups is 1. The first-order chi connectivity index (χ1) is 15.0. The summed E-state index contributed by atoms with van der Waals surface area (Å²) >= 11 is 0. The van der Waals surface area contributed by atoms with Gasteiger partial charge in [0.1, 0.15) is 12.5 Å². The number of phosphoric ester groups is 1. The molecule has 32 heavy (non-hydrogen) atoms. The second kappa shape index (κ2) is 7.95. The second-order valence-electron chi connectivity index (χ2n) is 7.12. The summed E-state index contributed by atoms with van der Waals surface area (Å²) in [7, 11) is -4.65. The van der Waals surface area contributed by atoms with Crippen LogP contribution in [0.4, 0.5) is 15.9 Å². The number of ketones is 1. The Labute approximate surface area is 179 Å². The summed E-state index contributed by atoms with van der Waals surface area (Å²) in [6.07, 6.45) is 2.96. The largest absolute Gasteiger partial charge is 0.471 e. The molecule has 1 atom stereocenters. The molecule has 1 unspecified atom stereocenters. The first-order valence-corrected chi connectivity index (χ1v) is 10.7. The Kier molecular flexibility index (Phi) is 5.42. The molecule has 0 spiro atoms. The molecule has 0 bridgehead atoms. The van der Waals surface area contributed by atoms with E-state index in [4.69, 9.17) is 25.8 Å². The average molecular weight is 464 g/mol. The molecular weight excluding hydrogens is 446 g/mol. The third kappa shape index (κ3) is 4.06. The number of nitrogen functional groups attached to an aromatic ring is 2. The van der Waals surface area contributed by atoms with E-state index in [0.29, 0.717) is 5.56 Å². The van der Waals surface area contributed by atoms with E-state index in [0.717, 1.165) is 6.07 Å². The summed E-state index contributed by atoms with van der Waals surface area (Å²) in [5.41, 5.74) is 12.8. The first-order valence-electron chi connectivity index (χ1n) is 9.18. The fraction of sp³-hybridized carbons (Fsp3) is 0.222. The summed E-state index contributed by atoms with van der Waals surface area (Å²) in [6.45, 7) is 1.10. The number of Topliss-reactive ketones (excluding diaryl/α,β-unsaturated/α-hetero) is 1. The van der Waals surface area contributed by atoms with Crippen molar-refractivity contribution in [1.29, 1.82) is 0 Å². The van der Waals surface area contributed by atoms with Crippen LogP contribution >= 0.6 is 7.82 Å². The number of hydrogen-bond donors (Lipinski definition) is 4. The van der Waals surface area contributed by atoms with Crippen molar-refractivity contribution in [3.8, 4) is 11.3 Å². The SMILES string of the molecule is CC(=O)c1cc(-c2ncc(C3C=NN(COP(=O)(O)O)C3)c3onc(N)c23)c(F)cc1N. The van der Waals surface area contributed by atoms with Gasteiger partial charge in [-0.2, -0.15) is 5.10 Å². The van der Waals surface area contributed by atoms with E-state index < -0.39 is 26.3 Å². The van der Waals surface area contributed by atoms with E-state index in [2.05, 4.69) is 19.8 Å². The summed E-state index contributed by atoms with van der Waals surface area (Å²) in [5.74, 6) is -1.45. The zero-order valence-electron chi connectivity index (χ0n) is 16.6. The monoisotopic (exact) mass is 464 g/mol. The van der Waals surface area contributed by atoms with E-state index in [-0.39, 0.29) is 51.6 Å². The predicted molar refractivity (Wildman–Crippen MR) is 112 cm³/mol. The Morgan fingerprint density at radius 1 is 1.41 bits per heavy atom. The van der Waals surface area contributed by atoms with E-state index >= 15 is 0 Å². The molecule has 168 valence electrons. The van der Waals surface area contributed by atoms with Gasteiger partial charge in [0.25, 0.3) is 0 Å². The van der Waals surface area contributed by atoms with Crippen LogP contribution in [0.5, 0.6) is 0 Å². The standard InChI is InChI=1S/C18H18FN6O6P/c1-8(26)10-2-11(13(19)3-14(10)20)16-15-17(31-24-18(15)21)12(5-22-16)9-4-23-25(6-9)7-30-32(27,28)29/h2-5,9H,6-7,20H2,1H3,(H2,21,24)(H2,27,28,29). The van der Waals surface area contributed by atoms with E-state index in [9.17, 15) is 13.8 Å². The highest BCUT2D eigenvalue weighted by molar-refractivity contribution is 7.46. The number of phosphoric acid groups is 1. The molecule has 14 heteroatoms. The van der Waals surface area contributed by atoms with Gasteiger partial charge in [-0.25, -0.2) is 8.96 Å². The number of anilines is 2. The number of nitrogens with two attached hydrogens (primary N) is 2. The van der Waals surface area contributed by atoms with Crippen LogP contribution in [-0.2, 0) is 9.09 Å². The van der Waals surface area contributed by atoms with Crippen molar-refractivity contribution in [2.24, 2.45) is 5.10 Å². The van der Waals surface area contributed by atoms with Crippen LogP contribution in [0.2, 0.25) is 0 Å². The number of aromatic nitrogens is 2. The molecule has 4 rings (SSSR count). The topological polar surface area (TPSA) is 190 Å². The highest BCUT2D eigenvalue weighted by atomic mass is 31.2. The maximum Gasteiger partial charge on any atom is 0.471 e. The summed E-state index contributed by atoms with van der Waals surface area (Å²) < 4.78 is 35.5. The van der Waals surface area contributed by atoms with Crippen molar-refractivity contribution in [2.45, 2.75) is 12.8 Å². The van der Waals surface area contributed by atoms with Gasteiger partial charge in [0.2, 0.25) is 0 Å². The van der Waals surface area contributed by atoms with Crippen molar-refractivity contribution in [3.05, 3.63) is 35.3 Å². The van der Waals surface area contributed by atoms with Gasteiger partial charge < -0.3 is 25.8 Å². The molecule has 12 nitrogen and oxygen atoms in total. The Morgan fingerprint density at radius 2 is 2.16 bits per heavy atom. The minimum Gasteiger partial charge on any atom is -0.398 e. The van der Waals surface area contributed by atoms with Gasteiger partial charge in [-0.3, -0.25) is 19.3 Å². The summed E-state index contributed by atoms with van der Waals surface area (Å²) in [6, 6.07) is 2.35. The van der Waals surface area contributed by atoms with Gasteiger partial charge in [-0.05, 0) is 19.1 Å². The Bertz CT molecular complexity index is 1300. The summed E-state index contributed by atoms with van der Waals surface area (Å²) in [4.78, 5) is 33.9. The van der Waals surface area contributed by atoms with Crippen LogP contribution in [0.3, 0.4) is 0 Å². The maximum atomic E-state index is 14.8. The lowest BCUT2D eigenvalue weighted by Crippen LogP contribution is -2.20. The fourth-order valence-corrected chi connectivity index (χ4v) is 3.72.